The number of amides is 1. The van der Waals surface area contributed by atoms with Crippen LogP contribution in [0, 0.1) is 0 Å². The van der Waals surface area contributed by atoms with Crippen molar-refractivity contribution >= 4 is 35.1 Å². The van der Waals surface area contributed by atoms with Crippen LogP contribution in [0.2, 0.25) is 0 Å². The highest BCUT2D eigenvalue weighted by Crippen LogP contribution is 2.25. The van der Waals surface area contributed by atoms with Crippen LogP contribution in [-0.2, 0) is 14.4 Å². The lowest BCUT2D eigenvalue weighted by Crippen LogP contribution is -2.32. The highest BCUT2D eigenvalue weighted by Gasteiger charge is 2.20. The van der Waals surface area contributed by atoms with Gasteiger partial charge in [-0.2, -0.15) is 4.98 Å². The van der Waals surface area contributed by atoms with Gasteiger partial charge in [-0.1, -0.05) is 12.1 Å². The summed E-state index contributed by atoms with van der Waals surface area (Å²) in [6, 6.07) is 7.73. The Morgan fingerprint density at radius 1 is 1.15 bits per heavy atom. The van der Waals surface area contributed by atoms with E-state index in [0.29, 0.717) is 24.1 Å². The molecule has 4 rings (SSSR count). The number of aromatic nitrogens is 2. The number of carbonyl (C=O) groups is 1. The maximum Gasteiger partial charge on any atom is 0.267 e. The van der Waals surface area contributed by atoms with Gasteiger partial charge in [0.1, 0.15) is 0 Å². The number of hydrogen-bond acceptors (Lipinski definition) is 9. The molecule has 2 heterocycles. The molecule has 1 aliphatic heterocycles. The lowest BCUT2D eigenvalue weighted by molar-refractivity contribution is -0.198. The molecule has 1 aromatic carbocycles. The van der Waals surface area contributed by atoms with Crippen LogP contribution in [0.3, 0.4) is 0 Å². The number of ether oxygens (including phenoxy) is 1. The normalized spacial score (nSPS) is 22.9. The van der Waals surface area contributed by atoms with Gasteiger partial charge < -0.3 is 26.2 Å². The molecular formula is C24H32N6O4. The monoisotopic (exact) mass is 468 g/mol. The summed E-state index contributed by atoms with van der Waals surface area (Å²) in [7, 11) is 0. The van der Waals surface area contributed by atoms with Gasteiger partial charge in [0.25, 0.3) is 5.91 Å². The number of hydrogen-bond donors (Lipinski definition) is 5. The van der Waals surface area contributed by atoms with Crippen LogP contribution < -0.4 is 21.8 Å². The van der Waals surface area contributed by atoms with Gasteiger partial charge in [-0.25, -0.2) is 15.3 Å². The first kappa shape index (κ1) is 23.9. The second kappa shape index (κ2) is 11.8. The van der Waals surface area contributed by atoms with Crippen molar-refractivity contribution in [3.63, 3.8) is 0 Å². The van der Waals surface area contributed by atoms with Crippen LogP contribution in [-0.4, -0.2) is 46.0 Å². The van der Waals surface area contributed by atoms with E-state index in [9.17, 15) is 9.90 Å². The van der Waals surface area contributed by atoms with Crippen LogP contribution >= 0.6 is 0 Å². The molecule has 1 aliphatic carbocycles. The van der Waals surface area contributed by atoms with Gasteiger partial charge in [-0.3, -0.25) is 4.79 Å². The van der Waals surface area contributed by atoms with Crippen LogP contribution in [0.15, 0.2) is 36.5 Å². The summed E-state index contributed by atoms with van der Waals surface area (Å²) in [6.45, 7) is 0.654. The zero-order valence-electron chi connectivity index (χ0n) is 19.1. The molecule has 1 amide bonds. The molecule has 2 aromatic rings. The Kier molecular flexibility index (Phi) is 8.29. The molecule has 2 fully saturated rings. The number of benzene rings is 1. The van der Waals surface area contributed by atoms with E-state index in [4.69, 9.17) is 15.3 Å². The number of nitrogens with two attached hydrogens (primary N) is 1. The number of anilines is 4. The summed E-state index contributed by atoms with van der Waals surface area (Å²) in [4.78, 5) is 26.0. The second-order valence-corrected chi connectivity index (χ2v) is 8.61. The molecule has 34 heavy (non-hydrogen) atoms. The van der Waals surface area contributed by atoms with E-state index < -0.39 is 0 Å². The van der Waals surface area contributed by atoms with E-state index in [2.05, 4.69) is 26.1 Å². The minimum atomic E-state index is -0.377. The molecule has 1 aromatic heterocycles. The fourth-order valence-electron chi connectivity index (χ4n) is 3.92. The highest BCUT2D eigenvalue weighted by molar-refractivity contribution is 5.91. The summed E-state index contributed by atoms with van der Waals surface area (Å²) in [5.41, 5.74) is 10.6. The topological polar surface area (TPSA) is 144 Å². The number of rotatable bonds is 8. The maximum absolute atomic E-state index is 11.9. The van der Waals surface area contributed by atoms with Crippen molar-refractivity contribution in [3.05, 3.63) is 42.1 Å². The Balaban J connectivity index is 1.28. The predicted molar refractivity (Wildman–Crippen MR) is 130 cm³/mol. The minimum absolute atomic E-state index is 0.213. The van der Waals surface area contributed by atoms with Gasteiger partial charge >= 0.3 is 0 Å². The molecule has 182 valence electrons. The summed E-state index contributed by atoms with van der Waals surface area (Å²) in [5.74, 6) is 0.668. The van der Waals surface area contributed by atoms with Gasteiger partial charge in [0.15, 0.2) is 12.1 Å². The second-order valence-electron chi connectivity index (χ2n) is 8.61. The van der Waals surface area contributed by atoms with Crippen molar-refractivity contribution < 1.29 is 19.5 Å². The minimum Gasteiger partial charge on any atom is -0.394 e. The molecule has 1 unspecified atom stereocenters. The standard InChI is InChI=1S/C24H32N6O4/c25-20-15-26-24(29-23(20)27-17-9-11-19(31)12-10-17)28-18-7-4-16(5-8-18)6-13-21(32)30-34-22-3-1-2-14-33-22/h4-8,13,15,17,19,22,31H,1-3,9-12,14,25H2,(H,30,32)(H2,26,27,28,29)/t17-,19-,22?. The van der Waals surface area contributed by atoms with Crippen molar-refractivity contribution in [3.8, 4) is 0 Å². The van der Waals surface area contributed by atoms with Crippen molar-refractivity contribution in [2.24, 2.45) is 0 Å². The number of aliphatic hydroxyl groups is 1. The van der Waals surface area contributed by atoms with E-state index >= 15 is 0 Å². The van der Waals surface area contributed by atoms with E-state index in [-0.39, 0.29) is 24.3 Å². The largest absolute Gasteiger partial charge is 0.394 e. The summed E-state index contributed by atoms with van der Waals surface area (Å²) >= 11 is 0. The number of nitrogen functional groups attached to an aromatic ring is 1. The van der Waals surface area contributed by atoms with Crippen LogP contribution in [0.4, 0.5) is 23.1 Å². The summed E-state index contributed by atoms with van der Waals surface area (Å²) in [6.07, 6.45) is 10.2. The molecule has 10 heteroatoms. The lowest BCUT2D eigenvalue weighted by atomic mass is 9.93. The Bertz CT molecular complexity index is 970. The number of hydroxylamine groups is 1. The average molecular weight is 469 g/mol. The van der Waals surface area contributed by atoms with Crippen molar-refractivity contribution in [1.82, 2.24) is 15.4 Å². The third-order valence-corrected chi connectivity index (χ3v) is 5.88. The highest BCUT2D eigenvalue weighted by atomic mass is 16.8. The molecule has 1 saturated heterocycles. The quantitative estimate of drug-likeness (QED) is 0.291. The first-order valence-electron chi connectivity index (χ1n) is 11.7. The molecular weight excluding hydrogens is 436 g/mol. The van der Waals surface area contributed by atoms with Gasteiger partial charge in [0, 0.05) is 30.8 Å². The van der Waals surface area contributed by atoms with Gasteiger partial charge in [0.05, 0.1) is 18.0 Å². The molecule has 2 aliphatic rings. The fraction of sp³-hybridized carbons (Fsp3) is 0.458. The van der Waals surface area contributed by atoms with E-state index in [1.165, 1.54) is 6.08 Å². The molecule has 0 radical (unpaired) electrons. The number of aliphatic hydroxyl groups excluding tert-OH is 1. The van der Waals surface area contributed by atoms with E-state index in [1.54, 1.807) is 12.3 Å². The Morgan fingerprint density at radius 3 is 2.68 bits per heavy atom. The maximum atomic E-state index is 11.9. The van der Waals surface area contributed by atoms with Crippen LogP contribution in [0.1, 0.15) is 50.5 Å². The Labute approximate surface area is 198 Å². The lowest BCUT2D eigenvalue weighted by Gasteiger charge is -2.27. The van der Waals surface area contributed by atoms with Gasteiger partial charge in [-0.05, 0) is 62.3 Å². The smallest absolute Gasteiger partial charge is 0.267 e. The zero-order chi connectivity index (χ0) is 23.8. The Hall–Kier alpha value is -3.21. The van der Waals surface area contributed by atoms with E-state index in [1.807, 2.05) is 24.3 Å². The molecule has 1 saturated carbocycles. The van der Waals surface area contributed by atoms with Crippen LogP contribution in [0.5, 0.6) is 0 Å². The number of nitrogens with zero attached hydrogens (tertiary/aromatic N) is 2. The fourth-order valence-corrected chi connectivity index (χ4v) is 3.92. The number of nitrogens with one attached hydrogen (secondary N) is 3. The Morgan fingerprint density at radius 2 is 1.94 bits per heavy atom. The van der Waals surface area contributed by atoms with Gasteiger partial charge in [0.2, 0.25) is 5.95 Å². The third kappa shape index (κ3) is 7.14. The van der Waals surface area contributed by atoms with Gasteiger partial charge in [-0.15, -0.1) is 0 Å². The SMILES string of the molecule is Nc1cnc(Nc2ccc(C=CC(=O)NOC3CCCCO3)cc2)nc1N[C@H]1CC[C@H](O)CC1. The molecule has 10 nitrogen and oxygen atoms in total. The summed E-state index contributed by atoms with van der Waals surface area (Å²) in [5, 5.41) is 16.2. The van der Waals surface area contributed by atoms with E-state index in [0.717, 1.165) is 56.2 Å². The first-order chi connectivity index (χ1) is 16.5. The summed E-state index contributed by atoms with van der Waals surface area (Å²) < 4.78 is 5.41. The third-order valence-electron chi connectivity index (χ3n) is 5.88. The molecule has 1 atom stereocenters. The van der Waals surface area contributed by atoms with Crippen molar-refractivity contribution in [2.45, 2.75) is 63.4 Å². The van der Waals surface area contributed by atoms with Crippen molar-refractivity contribution in [2.75, 3.05) is 23.0 Å². The molecule has 0 spiro atoms. The first-order valence-corrected chi connectivity index (χ1v) is 11.7. The average Bonchev–Trinajstić information content (AvgIpc) is 2.86. The number of carbonyl (C=O) groups excluding carboxylic acids is 1. The van der Waals surface area contributed by atoms with Crippen molar-refractivity contribution in [1.29, 1.82) is 0 Å². The zero-order valence-corrected chi connectivity index (χ0v) is 19.1. The molecule has 6 N–H and O–H groups in total. The predicted octanol–water partition coefficient (Wildman–Crippen LogP) is 3.11. The molecule has 0 bridgehead atoms. The van der Waals surface area contributed by atoms with Crippen LogP contribution in [0.25, 0.3) is 6.08 Å².